The third-order valence-corrected chi connectivity index (χ3v) is 2.18. The van der Waals surface area contributed by atoms with Crippen LogP contribution in [-0.2, 0) is 9.53 Å². The largest absolute Gasteiger partial charge is 0.453 e. The summed E-state index contributed by atoms with van der Waals surface area (Å²) in [5.41, 5.74) is -0.862. The molecule has 0 amide bonds. The van der Waals surface area contributed by atoms with Crippen molar-refractivity contribution in [2.45, 2.75) is 46.4 Å². The molecule has 1 unspecified atom stereocenters. The molecule has 0 fully saturated rings. The van der Waals surface area contributed by atoms with Gasteiger partial charge in [-0.15, -0.1) is 0 Å². The second kappa shape index (κ2) is 6.70. The van der Waals surface area contributed by atoms with Crippen LogP contribution in [0.4, 0.5) is 17.6 Å². The first-order chi connectivity index (χ1) is 7.11. The molecule has 16 heavy (non-hydrogen) atoms. The summed E-state index contributed by atoms with van der Waals surface area (Å²) in [6, 6.07) is 0. The Labute approximate surface area is 93.0 Å². The van der Waals surface area contributed by atoms with Gasteiger partial charge in [-0.1, -0.05) is 6.92 Å². The number of halogens is 4. The molecule has 0 aromatic carbocycles. The second-order valence-corrected chi connectivity index (χ2v) is 3.83. The normalized spacial score (nSPS) is 13.6. The molecule has 0 spiro atoms. The minimum Gasteiger partial charge on any atom is -0.453 e. The van der Waals surface area contributed by atoms with Crippen LogP contribution >= 0.6 is 0 Å². The lowest BCUT2D eigenvalue weighted by atomic mass is 9.90. The summed E-state index contributed by atoms with van der Waals surface area (Å²) in [6.07, 6.45) is -6.09. The average molecular weight is 246 g/mol. The number of carbonyl (C=O) groups excluding carboxylic acids is 1. The molecule has 0 aromatic heterocycles. The number of ether oxygens (including phenoxy) is 1. The van der Waals surface area contributed by atoms with Crippen LogP contribution < -0.4 is 0 Å². The number of alkyl halides is 4. The first kappa shape index (κ1) is 17.6. The fourth-order valence-corrected chi connectivity index (χ4v) is 0.531. The monoisotopic (exact) mass is 246 g/mol. The molecule has 98 valence electrons. The lowest BCUT2D eigenvalue weighted by Gasteiger charge is -2.24. The first-order valence-electron chi connectivity index (χ1n) is 4.77. The van der Waals surface area contributed by atoms with Crippen LogP contribution in [0.1, 0.15) is 34.1 Å². The minimum absolute atomic E-state index is 0.441. The highest BCUT2D eigenvalue weighted by atomic mass is 19.4. The third-order valence-electron chi connectivity index (χ3n) is 2.18. The van der Waals surface area contributed by atoms with Gasteiger partial charge in [0, 0.05) is 0 Å². The molecule has 0 radical (unpaired) electrons. The lowest BCUT2D eigenvalue weighted by molar-refractivity contribution is -0.221. The summed E-state index contributed by atoms with van der Waals surface area (Å²) in [6.45, 7) is 5.65. The van der Waals surface area contributed by atoms with Crippen LogP contribution in [0, 0.1) is 5.41 Å². The summed E-state index contributed by atoms with van der Waals surface area (Å²) in [5.74, 6) is -0.815. The minimum atomic E-state index is -4.49. The topological polar surface area (TPSA) is 26.3 Å². The second-order valence-electron chi connectivity index (χ2n) is 3.83. The molecule has 0 N–H and O–H groups in total. The summed E-state index contributed by atoms with van der Waals surface area (Å²) in [4.78, 5) is 11.2. The number of hydrogen-bond donors (Lipinski definition) is 0. The first-order valence-corrected chi connectivity index (χ1v) is 4.77. The Morgan fingerprint density at radius 1 is 1.25 bits per heavy atom. The molecule has 0 aliphatic rings. The van der Waals surface area contributed by atoms with Crippen molar-refractivity contribution in [3.8, 4) is 0 Å². The number of hydrogen-bond acceptors (Lipinski definition) is 2. The molecule has 0 aromatic rings. The Bertz CT molecular complexity index is 211. The van der Waals surface area contributed by atoms with Crippen molar-refractivity contribution in [1.82, 2.24) is 0 Å². The maximum absolute atomic E-state index is 12.0. The highest BCUT2D eigenvalue weighted by Gasteiger charge is 2.41. The highest BCUT2D eigenvalue weighted by molar-refractivity contribution is 5.76. The van der Waals surface area contributed by atoms with Gasteiger partial charge in [-0.3, -0.25) is 9.18 Å². The van der Waals surface area contributed by atoms with Crippen molar-refractivity contribution in [3.63, 3.8) is 0 Å². The van der Waals surface area contributed by atoms with Gasteiger partial charge >= 0.3 is 12.1 Å². The lowest BCUT2D eigenvalue weighted by Crippen LogP contribution is -2.36. The van der Waals surface area contributed by atoms with E-state index in [4.69, 9.17) is 0 Å². The van der Waals surface area contributed by atoms with Crippen LogP contribution in [0.5, 0.6) is 0 Å². The van der Waals surface area contributed by atoms with E-state index in [2.05, 4.69) is 4.74 Å². The van der Waals surface area contributed by atoms with Gasteiger partial charge in [-0.05, 0) is 27.2 Å². The average Bonchev–Trinajstić information content (AvgIpc) is 2.19. The molecule has 6 heteroatoms. The summed E-state index contributed by atoms with van der Waals surface area (Å²) in [7, 11) is 0.500. The van der Waals surface area contributed by atoms with Crippen molar-refractivity contribution in [2.75, 3.05) is 7.18 Å². The van der Waals surface area contributed by atoms with E-state index < -0.39 is 23.7 Å². The molecular formula is C10H18F4O2. The standard InChI is InChI=1S/C9H15F3O2.CH3F/c1-5-8(3,4)7(13)14-6(2)9(10,11)12;1-2/h6H,5H2,1-4H3;1H3. The smallest absolute Gasteiger partial charge is 0.425 e. The number of carbonyl (C=O) groups is 1. The number of esters is 1. The van der Waals surface area contributed by atoms with Gasteiger partial charge in [0.2, 0.25) is 0 Å². The third kappa shape index (κ3) is 5.92. The van der Waals surface area contributed by atoms with Crippen LogP contribution in [0.15, 0.2) is 0 Å². The van der Waals surface area contributed by atoms with E-state index >= 15 is 0 Å². The molecule has 0 bridgehead atoms. The quantitative estimate of drug-likeness (QED) is 0.562. The number of rotatable bonds is 3. The van der Waals surface area contributed by atoms with Crippen molar-refractivity contribution < 1.29 is 27.1 Å². The molecule has 0 rings (SSSR count). The Kier molecular flexibility index (Phi) is 7.37. The van der Waals surface area contributed by atoms with Gasteiger partial charge in [0.05, 0.1) is 12.6 Å². The summed E-state index contributed by atoms with van der Waals surface area (Å²) < 4.78 is 49.9. The Hall–Kier alpha value is -0.810. The molecule has 2 nitrogen and oxygen atoms in total. The highest BCUT2D eigenvalue weighted by Crippen LogP contribution is 2.27. The van der Waals surface area contributed by atoms with Crippen LogP contribution in [0.25, 0.3) is 0 Å². The van der Waals surface area contributed by atoms with E-state index in [-0.39, 0.29) is 0 Å². The van der Waals surface area contributed by atoms with Gasteiger partial charge in [0.15, 0.2) is 6.10 Å². The predicted molar refractivity (Wildman–Crippen MR) is 52.7 cm³/mol. The van der Waals surface area contributed by atoms with E-state index in [1.807, 2.05) is 0 Å². The van der Waals surface area contributed by atoms with Crippen molar-refractivity contribution in [1.29, 1.82) is 0 Å². The van der Waals surface area contributed by atoms with Gasteiger partial charge in [-0.2, -0.15) is 13.2 Å². The summed E-state index contributed by atoms with van der Waals surface area (Å²) >= 11 is 0. The van der Waals surface area contributed by atoms with Crippen LogP contribution in [0.2, 0.25) is 0 Å². The van der Waals surface area contributed by atoms with E-state index in [1.165, 1.54) is 0 Å². The fraction of sp³-hybridized carbons (Fsp3) is 0.900. The Morgan fingerprint density at radius 2 is 1.62 bits per heavy atom. The van der Waals surface area contributed by atoms with Crippen LogP contribution in [0.3, 0.4) is 0 Å². The maximum atomic E-state index is 12.0. The van der Waals surface area contributed by atoms with Crippen molar-refractivity contribution in [3.05, 3.63) is 0 Å². The van der Waals surface area contributed by atoms with E-state index in [0.717, 1.165) is 6.92 Å². The van der Waals surface area contributed by atoms with Gasteiger partial charge < -0.3 is 4.74 Å². The summed E-state index contributed by atoms with van der Waals surface area (Å²) in [5, 5.41) is 0. The Balaban J connectivity index is 0. The Morgan fingerprint density at radius 3 is 1.88 bits per heavy atom. The van der Waals surface area contributed by atoms with E-state index in [9.17, 15) is 22.4 Å². The molecule has 0 saturated carbocycles. The predicted octanol–water partition coefficient (Wildman–Crippen LogP) is 3.50. The van der Waals surface area contributed by atoms with Crippen molar-refractivity contribution >= 4 is 5.97 Å². The van der Waals surface area contributed by atoms with Gasteiger partial charge in [0.25, 0.3) is 0 Å². The molecule has 0 aliphatic carbocycles. The zero-order chi connectivity index (χ0) is 13.6. The fourth-order valence-electron chi connectivity index (χ4n) is 0.531. The SMILES string of the molecule is CCC(C)(C)C(=O)OC(C)C(F)(F)F.CF. The van der Waals surface area contributed by atoms with E-state index in [0.29, 0.717) is 13.6 Å². The van der Waals surface area contributed by atoms with Crippen molar-refractivity contribution in [2.24, 2.45) is 5.41 Å². The van der Waals surface area contributed by atoms with E-state index in [1.54, 1.807) is 20.8 Å². The van der Waals surface area contributed by atoms with Gasteiger partial charge in [0.1, 0.15) is 0 Å². The molecule has 0 saturated heterocycles. The molecule has 1 atom stereocenters. The maximum Gasteiger partial charge on any atom is 0.425 e. The zero-order valence-electron chi connectivity index (χ0n) is 10.1. The van der Waals surface area contributed by atoms with Gasteiger partial charge in [-0.25, -0.2) is 0 Å². The zero-order valence-corrected chi connectivity index (χ0v) is 10.1. The molecular weight excluding hydrogens is 228 g/mol. The van der Waals surface area contributed by atoms with Crippen LogP contribution in [-0.4, -0.2) is 25.4 Å². The molecule has 0 aliphatic heterocycles. The molecule has 0 heterocycles.